The minimum atomic E-state index is -0.148. The second-order valence-electron chi connectivity index (χ2n) is 7.25. The van der Waals surface area contributed by atoms with E-state index in [4.69, 9.17) is 4.42 Å². The number of rotatable bonds is 6. The van der Waals surface area contributed by atoms with Crippen LogP contribution in [0.25, 0.3) is 16.8 Å². The van der Waals surface area contributed by atoms with Crippen LogP contribution in [0.2, 0.25) is 0 Å². The number of benzene rings is 3. The highest BCUT2D eigenvalue weighted by Gasteiger charge is 2.11. The molecule has 0 saturated heterocycles. The van der Waals surface area contributed by atoms with Crippen molar-refractivity contribution in [3.05, 3.63) is 114 Å². The number of carbonyl (C=O) groups excluding carboxylic acids is 1. The summed E-state index contributed by atoms with van der Waals surface area (Å²) in [5, 5.41) is 7.17. The summed E-state index contributed by atoms with van der Waals surface area (Å²) < 4.78 is 7.62. The van der Waals surface area contributed by atoms with Gasteiger partial charge < -0.3 is 9.73 Å². The van der Waals surface area contributed by atoms with E-state index in [0.29, 0.717) is 35.5 Å². The molecule has 3 aromatic carbocycles. The summed E-state index contributed by atoms with van der Waals surface area (Å²) in [6, 6.07) is 25.2. The lowest BCUT2D eigenvalue weighted by molar-refractivity contribution is 0.0951. The van der Waals surface area contributed by atoms with Crippen LogP contribution >= 0.6 is 0 Å². The minimum Gasteiger partial charge on any atom is -0.440 e. The predicted molar refractivity (Wildman–Crippen MR) is 118 cm³/mol. The molecule has 0 saturated carbocycles. The molecule has 6 nitrogen and oxygen atoms in total. The van der Waals surface area contributed by atoms with Crippen molar-refractivity contribution in [1.29, 1.82) is 0 Å². The molecule has 31 heavy (non-hydrogen) atoms. The zero-order valence-electron chi connectivity index (χ0n) is 16.7. The number of carbonyl (C=O) groups is 1. The molecule has 0 unspecified atom stereocenters. The number of nitrogens with zero attached hydrogens (tertiary/aromatic N) is 3. The summed E-state index contributed by atoms with van der Waals surface area (Å²) in [6.07, 6.45) is 4.25. The van der Waals surface area contributed by atoms with Crippen LogP contribution in [0.3, 0.4) is 0 Å². The molecule has 0 bridgehead atoms. The SMILES string of the molecule is O=C(NCc1ccc(-n2cccn2)cc1)c1ccc2oc(Cc3ccccc3)nc2c1. The first kappa shape index (κ1) is 18.8. The number of amides is 1. The number of hydrogen-bond acceptors (Lipinski definition) is 4. The van der Waals surface area contributed by atoms with Crippen molar-refractivity contribution in [2.45, 2.75) is 13.0 Å². The minimum absolute atomic E-state index is 0.148. The van der Waals surface area contributed by atoms with Crippen molar-refractivity contribution in [3.8, 4) is 5.69 Å². The third-order valence-electron chi connectivity index (χ3n) is 5.05. The summed E-state index contributed by atoms with van der Waals surface area (Å²) in [4.78, 5) is 17.2. The van der Waals surface area contributed by atoms with Crippen LogP contribution < -0.4 is 5.32 Å². The number of oxazole rings is 1. The molecule has 0 aliphatic heterocycles. The van der Waals surface area contributed by atoms with Gasteiger partial charge in [0.2, 0.25) is 0 Å². The van der Waals surface area contributed by atoms with Crippen molar-refractivity contribution in [3.63, 3.8) is 0 Å². The van der Waals surface area contributed by atoms with E-state index in [1.165, 1.54) is 0 Å². The van der Waals surface area contributed by atoms with Crippen LogP contribution in [0.1, 0.15) is 27.4 Å². The fourth-order valence-corrected chi connectivity index (χ4v) is 3.43. The number of hydrogen-bond donors (Lipinski definition) is 1. The van der Waals surface area contributed by atoms with E-state index in [1.54, 1.807) is 29.1 Å². The second kappa shape index (κ2) is 8.28. The first-order valence-electron chi connectivity index (χ1n) is 10.1. The van der Waals surface area contributed by atoms with E-state index in [9.17, 15) is 4.79 Å². The maximum absolute atomic E-state index is 12.6. The smallest absolute Gasteiger partial charge is 0.251 e. The van der Waals surface area contributed by atoms with Gasteiger partial charge in [-0.25, -0.2) is 9.67 Å². The van der Waals surface area contributed by atoms with Crippen molar-refractivity contribution >= 4 is 17.0 Å². The van der Waals surface area contributed by atoms with Crippen LogP contribution in [-0.4, -0.2) is 20.7 Å². The lowest BCUT2D eigenvalue weighted by Gasteiger charge is -2.07. The first-order chi connectivity index (χ1) is 15.2. The summed E-state index contributed by atoms with van der Waals surface area (Å²) in [5.41, 5.74) is 5.03. The number of fused-ring (bicyclic) bond motifs is 1. The molecule has 6 heteroatoms. The quantitative estimate of drug-likeness (QED) is 0.448. The van der Waals surface area contributed by atoms with Gasteiger partial charge in [0.1, 0.15) is 5.52 Å². The van der Waals surface area contributed by atoms with Crippen LogP contribution in [-0.2, 0) is 13.0 Å². The molecule has 2 aromatic heterocycles. The summed E-state index contributed by atoms with van der Waals surface area (Å²) in [5.74, 6) is 0.488. The van der Waals surface area contributed by atoms with Gasteiger partial charge in [-0.3, -0.25) is 4.79 Å². The molecule has 0 aliphatic carbocycles. The Morgan fingerprint density at radius 3 is 2.55 bits per heavy atom. The van der Waals surface area contributed by atoms with Gasteiger partial charge in [-0.1, -0.05) is 42.5 Å². The predicted octanol–water partition coefficient (Wildman–Crippen LogP) is 4.53. The first-order valence-corrected chi connectivity index (χ1v) is 10.1. The summed E-state index contributed by atoms with van der Waals surface area (Å²) >= 11 is 0. The van der Waals surface area contributed by atoms with Gasteiger partial charge in [0, 0.05) is 30.9 Å². The molecular weight excluding hydrogens is 388 g/mol. The van der Waals surface area contributed by atoms with Gasteiger partial charge >= 0.3 is 0 Å². The van der Waals surface area contributed by atoms with Gasteiger partial charge in [0.25, 0.3) is 5.91 Å². The van der Waals surface area contributed by atoms with E-state index < -0.39 is 0 Å². The van der Waals surface area contributed by atoms with Gasteiger partial charge in [0.15, 0.2) is 11.5 Å². The number of aromatic nitrogens is 3. The fraction of sp³-hybridized carbons (Fsp3) is 0.0800. The molecular formula is C25H20N4O2. The van der Waals surface area contributed by atoms with E-state index >= 15 is 0 Å². The Hall–Kier alpha value is -4.19. The Morgan fingerprint density at radius 2 is 1.77 bits per heavy atom. The van der Waals surface area contributed by atoms with Crippen LogP contribution in [0.15, 0.2) is 95.7 Å². The Kier molecular flexibility index (Phi) is 5.02. The molecule has 1 N–H and O–H groups in total. The molecule has 2 heterocycles. The normalized spacial score (nSPS) is 11.0. The molecule has 5 aromatic rings. The second-order valence-corrected chi connectivity index (χ2v) is 7.25. The van der Waals surface area contributed by atoms with Gasteiger partial charge in [-0.05, 0) is 47.5 Å². The molecule has 5 rings (SSSR count). The standard InChI is InChI=1S/C25H20N4O2/c30-25(26-17-19-7-10-21(11-8-19)29-14-4-13-27-29)20-9-12-23-22(16-20)28-24(31-23)15-18-5-2-1-3-6-18/h1-14,16H,15,17H2,(H,26,30). The van der Waals surface area contributed by atoms with Gasteiger partial charge in [-0.15, -0.1) is 0 Å². The van der Waals surface area contributed by atoms with E-state index in [2.05, 4.69) is 15.4 Å². The zero-order chi connectivity index (χ0) is 21.0. The monoisotopic (exact) mass is 408 g/mol. The van der Waals surface area contributed by atoms with Crippen molar-refractivity contribution in [2.75, 3.05) is 0 Å². The molecule has 1 amide bonds. The maximum atomic E-state index is 12.6. The highest BCUT2D eigenvalue weighted by Crippen LogP contribution is 2.19. The van der Waals surface area contributed by atoms with Crippen molar-refractivity contribution in [2.24, 2.45) is 0 Å². The molecule has 0 fully saturated rings. The summed E-state index contributed by atoms with van der Waals surface area (Å²) in [6.45, 7) is 0.439. The Morgan fingerprint density at radius 1 is 0.935 bits per heavy atom. The molecule has 0 spiro atoms. The van der Waals surface area contributed by atoms with E-state index in [1.807, 2.05) is 66.9 Å². The average Bonchev–Trinajstić information content (AvgIpc) is 3.48. The molecule has 152 valence electrons. The van der Waals surface area contributed by atoms with Crippen molar-refractivity contribution < 1.29 is 9.21 Å². The fourth-order valence-electron chi connectivity index (χ4n) is 3.43. The number of nitrogens with one attached hydrogen (secondary N) is 1. The van der Waals surface area contributed by atoms with Crippen molar-refractivity contribution in [1.82, 2.24) is 20.1 Å². The topological polar surface area (TPSA) is 73.0 Å². The van der Waals surface area contributed by atoms with Gasteiger partial charge in [0.05, 0.1) is 5.69 Å². The average molecular weight is 408 g/mol. The third-order valence-corrected chi connectivity index (χ3v) is 5.05. The van der Waals surface area contributed by atoms with Crippen LogP contribution in [0, 0.1) is 0 Å². The lowest BCUT2D eigenvalue weighted by Crippen LogP contribution is -2.22. The van der Waals surface area contributed by atoms with E-state index in [0.717, 1.165) is 16.8 Å². The Balaban J connectivity index is 1.25. The third kappa shape index (κ3) is 4.23. The highest BCUT2D eigenvalue weighted by atomic mass is 16.3. The lowest BCUT2D eigenvalue weighted by atomic mass is 10.1. The molecule has 0 aliphatic rings. The zero-order valence-corrected chi connectivity index (χ0v) is 16.7. The highest BCUT2D eigenvalue weighted by molar-refractivity contribution is 5.97. The largest absolute Gasteiger partial charge is 0.440 e. The van der Waals surface area contributed by atoms with Crippen LogP contribution in [0.5, 0.6) is 0 Å². The molecule has 0 radical (unpaired) electrons. The summed E-state index contributed by atoms with van der Waals surface area (Å²) in [7, 11) is 0. The maximum Gasteiger partial charge on any atom is 0.251 e. The molecule has 0 atom stereocenters. The van der Waals surface area contributed by atoms with E-state index in [-0.39, 0.29) is 5.91 Å². The Bertz CT molecular complexity index is 1310. The van der Waals surface area contributed by atoms with Crippen LogP contribution in [0.4, 0.5) is 0 Å². The Labute approximate surface area is 179 Å². The van der Waals surface area contributed by atoms with Gasteiger partial charge in [-0.2, -0.15) is 5.10 Å².